The van der Waals surface area contributed by atoms with E-state index in [1.807, 2.05) is 31.2 Å². The Labute approximate surface area is 110 Å². The van der Waals surface area contributed by atoms with E-state index < -0.39 is 0 Å². The van der Waals surface area contributed by atoms with Crippen LogP contribution in [0.25, 0.3) is 11.0 Å². The number of nitrogens with zero attached hydrogens (tertiary/aromatic N) is 1. The Kier molecular flexibility index (Phi) is 2.91. The third-order valence-corrected chi connectivity index (χ3v) is 3.04. The maximum Gasteiger partial charge on any atom is 0.201 e. The summed E-state index contributed by atoms with van der Waals surface area (Å²) in [5.41, 5.74) is 3.69. The van der Waals surface area contributed by atoms with Crippen molar-refractivity contribution in [3.63, 3.8) is 0 Å². The molecule has 96 valence electrons. The molecule has 1 aromatic heterocycles. The molecule has 2 N–H and O–H groups in total. The Morgan fingerprint density at radius 2 is 2.05 bits per heavy atom. The second-order valence-electron chi connectivity index (χ2n) is 4.55. The monoisotopic (exact) mass is 255 g/mol. The van der Waals surface area contributed by atoms with Gasteiger partial charge in [0.05, 0.1) is 11.0 Å². The highest BCUT2D eigenvalue weighted by Gasteiger charge is 2.04. The number of aromatic nitrogens is 2. The number of benzene rings is 2. The van der Waals surface area contributed by atoms with E-state index in [4.69, 9.17) is 0 Å². The molecule has 0 saturated heterocycles. The summed E-state index contributed by atoms with van der Waals surface area (Å²) in [6, 6.07) is 12.7. The molecular weight excluding hydrogens is 241 g/mol. The molecule has 1 heterocycles. The van der Waals surface area contributed by atoms with Crippen LogP contribution in [-0.4, -0.2) is 9.97 Å². The van der Waals surface area contributed by atoms with Gasteiger partial charge in [-0.3, -0.25) is 0 Å². The van der Waals surface area contributed by atoms with Crippen molar-refractivity contribution in [2.24, 2.45) is 0 Å². The number of fused-ring (bicyclic) bond motifs is 1. The summed E-state index contributed by atoms with van der Waals surface area (Å²) in [6.45, 7) is 2.44. The lowest BCUT2D eigenvalue weighted by Gasteiger charge is -2.03. The molecule has 3 rings (SSSR count). The zero-order valence-corrected chi connectivity index (χ0v) is 10.6. The summed E-state index contributed by atoms with van der Waals surface area (Å²) < 4.78 is 13.5. The Balaban J connectivity index is 1.80. The van der Waals surface area contributed by atoms with E-state index >= 15 is 0 Å². The number of nitrogens with one attached hydrogen (secondary N) is 2. The van der Waals surface area contributed by atoms with Gasteiger partial charge in [-0.15, -0.1) is 0 Å². The van der Waals surface area contributed by atoms with Gasteiger partial charge >= 0.3 is 0 Å². The first kappa shape index (κ1) is 11.7. The van der Waals surface area contributed by atoms with Crippen molar-refractivity contribution in [3.05, 3.63) is 59.4 Å². The first-order chi connectivity index (χ1) is 9.22. The minimum absolute atomic E-state index is 0.207. The Hall–Kier alpha value is -2.36. The number of anilines is 1. The summed E-state index contributed by atoms with van der Waals surface area (Å²) in [4.78, 5) is 7.59. The average Bonchev–Trinajstić information content (AvgIpc) is 2.79. The molecule has 3 nitrogen and oxygen atoms in total. The summed E-state index contributed by atoms with van der Waals surface area (Å²) >= 11 is 0. The molecule has 0 aliphatic heterocycles. The number of halogens is 1. The fraction of sp³-hybridized carbons (Fsp3) is 0.133. The maximum atomic E-state index is 13.5. The zero-order valence-electron chi connectivity index (χ0n) is 10.6. The van der Waals surface area contributed by atoms with Gasteiger partial charge in [-0.25, -0.2) is 9.37 Å². The summed E-state index contributed by atoms with van der Waals surface area (Å²) in [7, 11) is 0. The van der Waals surface area contributed by atoms with Crippen molar-refractivity contribution in [1.29, 1.82) is 0 Å². The van der Waals surface area contributed by atoms with Crippen LogP contribution in [0.15, 0.2) is 42.5 Å². The standard InChI is InChI=1S/C15H14FN3/c1-10-6-7-13-14(8-10)19-15(18-13)17-9-11-4-2-3-5-12(11)16/h2-8H,9H2,1H3,(H2,17,18,19). The van der Waals surface area contributed by atoms with Crippen molar-refractivity contribution >= 4 is 17.0 Å². The van der Waals surface area contributed by atoms with Crippen LogP contribution in [-0.2, 0) is 6.54 Å². The van der Waals surface area contributed by atoms with Crippen LogP contribution < -0.4 is 5.32 Å². The summed E-state index contributed by atoms with van der Waals surface area (Å²) in [5, 5.41) is 3.10. The third kappa shape index (κ3) is 2.42. The van der Waals surface area contributed by atoms with Crippen molar-refractivity contribution in [1.82, 2.24) is 9.97 Å². The van der Waals surface area contributed by atoms with Crippen LogP contribution in [0, 0.1) is 12.7 Å². The molecule has 0 unspecified atom stereocenters. The highest BCUT2D eigenvalue weighted by atomic mass is 19.1. The van der Waals surface area contributed by atoms with E-state index in [9.17, 15) is 4.39 Å². The average molecular weight is 255 g/mol. The number of rotatable bonds is 3. The SMILES string of the molecule is Cc1ccc2nc(NCc3ccccc3F)[nH]c2c1. The van der Waals surface area contributed by atoms with Gasteiger partial charge in [0.1, 0.15) is 5.82 Å². The molecule has 4 heteroatoms. The highest BCUT2D eigenvalue weighted by Crippen LogP contribution is 2.16. The van der Waals surface area contributed by atoms with Crippen molar-refractivity contribution in [2.75, 3.05) is 5.32 Å². The third-order valence-electron chi connectivity index (χ3n) is 3.04. The largest absolute Gasteiger partial charge is 0.352 e. The van der Waals surface area contributed by atoms with Crippen LogP contribution in [0.2, 0.25) is 0 Å². The van der Waals surface area contributed by atoms with E-state index in [0.29, 0.717) is 18.1 Å². The van der Waals surface area contributed by atoms with Crippen molar-refractivity contribution < 1.29 is 4.39 Å². The molecule has 3 aromatic rings. The maximum absolute atomic E-state index is 13.5. The molecule has 0 aliphatic carbocycles. The first-order valence-electron chi connectivity index (χ1n) is 6.16. The van der Waals surface area contributed by atoms with Gasteiger partial charge < -0.3 is 10.3 Å². The van der Waals surface area contributed by atoms with Crippen LogP contribution in [0.5, 0.6) is 0 Å². The van der Waals surface area contributed by atoms with Gasteiger partial charge in [-0.1, -0.05) is 24.3 Å². The van der Waals surface area contributed by atoms with E-state index in [1.165, 1.54) is 11.6 Å². The first-order valence-corrected chi connectivity index (χ1v) is 6.16. The molecule has 0 bridgehead atoms. The molecule has 0 fully saturated rings. The molecule has 0 spiro atoms. The number of hydrogen-bond donors (Lipinski definition) is 2. The topological polar surface area (TPSA) is 40.7 Å². The van der Waals surface area contributed by atoms with Crippen LogP contribution >= 0.6 is 0 Å². The predicted octanol–water partition coefficient (Wildman–Crippen LogP) is 3.62. The Bertz CT molecular complexity index is 718. The molecule has 0 radical (unpaired) electrons. The molecule has 0 atom stereocenters. The lowest BCUT2D eigenvalue weighted by molar-refractivity contribution is 0.613. The lowest BCUT2D eigenvalue weighted by Crippen LogP contribution is -2.02. The summed E-state index contributed by atoms with van der Waals surface area (Å²) in [6.07, 6.45) is 0. The van der Waals surface area contributed by atoms with Gasteiger partial charge in [0.2, 0.25) is 5.95 Å². The Morgan fingerprint density at radius 1 is 1.21 bits per heavy atom. The summed E-state index contributed by atoms with van der Waals surface area (Å²) in [5.74, 6) is 0.450. The number of aryl methyl sites for hydroxylation is 1. The smallest absolute Gasteiger partial charge is 0.201 e. The van der Waals surface area contributed by atoms with Gasteiger partial charge in [0, 0.05) is 12.1 Å². The Morgan fingerprint density at radius 3 is 2.89 bits per heavy atom. The highest BCUT2D eigenvalue weighted by molar-refractivity contribution is 5.78. The molecule has 2 aromatic carbocycles. The lowest BCUT2D eigenvalue weighted by atomic mass is 10.2. The zero-order chi connectivity index (χ0) is 13.2. The van der Waals surface area contributed by atoms with E-state index in [1.54, 1.807) is 12.1 Å². The van der Waals surface area contributed by atoms with Crippen LogP contribution in [0.3, 0.4) is 0 Å². The molecule has 0 aliphatic rings. The second kappa shape index (κ2) is 4.72. The van der Waals surface area contributed by atoms with Gasteiger partial charge in [0.15, 0.2) is 0 Å². The van der Waals surface area contributed by atoms with Gasteiger partial charge in [0.25, 0.3) is 0 Å². The normalized spacial score (nSPS) is 10.8. The minimum Gasteiger partial charge on any atom is -0.352 e. The second-order valence-corrected chi connectivity index (χ2v) is 4.55. The van der Waals surface area contributed by atoms with E-state index in [0.717, 1.165) is 11.0 Å². The predicted molar refractivity (Wildman–Crippen MR) is 74.6 cm³/mol. The fourth-order valence-electron chi connectivity index (χ4n) is 2.03. The molecule has 0 saturated carbocycles. The number of hydrogen-bond acceptors (Lipinski definition) is 2. The van der Waals surface area contributed by atoms with E-state index in [2.05, 4.69) is 15.3 Å². The van der Waals surface area contributed by atoms with Gasteiger partial charge in [-0.2, -0.15) is 0 Å². The van der Waals surface area contributed by atoms with Crippen LogP contribution in [0.1, 0.15) is 11.1 Å². The molecular formula is C15H14FN3. The number of H-pyrrole nitrogens is 1. The molecule has 0 amide bonds. The molecule has 19 heavy (non-hydrogen) atoms. The quantitative estimate of drug-likeness (QED) is 0.750. The van der Waals surface area contributed by atoms with Crippen LogP contribution in [0.4, 0.5) is 10.3 Å². The fourth-order valence-corrected chi connectivity index (χ4v) is 2.03. The number of imidazole rings is 1. The van der Waals surface area contributed by atoms with Gasteiger partial charge in [-0.05, 0) is 30.7 Å². The van der Waals surface area contributed by atoms with Crippen molar-refractivity contribution in [3.8, 4) is 0 Å². The minimum atomic E-state index is -0.207. The van der Waals surface area contributed by atoms with Crippen molar-refractivity contribution in [2.45, 2.75) is 13.5 Å². The van der Waals surface area contributed by atoms with E-state index in [-0.39, 0.29) is 5.82 Å². The number of aromatic amines is 1.